The van der Waals surface area contributed by atoms with Crippen molar-refractivity contribution >= 4 is 17.6 Å². The van der Waals surface area contributed by atoms with Gasteiger partial charge < -0.3 is 10.1 Å². The number of amides is 1. The predicted molar refractivity (Wildman–Crippen MR) is 63.6 cm³/mol. The molecule has 0 saturated heterocycles. The third kappa shape index (κ3) is 2.36. The molecule has 1 unspecified atom stereocenters. The van der Waals surface area contributed by atoms with Gasteiger partial charge in [-0.05, 0) is 18.6 Å². The molecule has 4 heteroatoms. The van der Waals surface area contributed by atoms with E-state index in [0.29, 0.717) is 6.61 Å². The first-order valence-electron chi connectivity index (χ1n) is 5.47. The van der Waals surface area contributed by atoms with E-state index in [9.17, 15) is 9.59 Å². The first kappa shape index (κ1) is 11.4. The molecule has 1 aromatic rings. The molecule has 1 aliphatic heterocycles. The molecule has 1 aliphatic rings. The van der Waals surface area contributed by atoms with Crippen LogP contribution in [0.15, 0.2) is 36.4 Å². The van der Waals surface area contributed by atoms with Gasteiger partial charge in [-0.1, -0.05) is 24.3 Å². The summed E-state index contributed by atoms with van der Waals surface area (Å²) < 4.78 is 4.77. The highest BCUT2D eigenvalue weighted by Gasteiger charge is 2.27. The van der Waals surface area contributed by atoms with E-state index in [4.69, 9.17) is 4.74 Å². The van der Waals surface area contributed by atoms with Crippen LogP contribution in [0.1, 0.15) is 18.4 Å². The number of rotatable bonds is 3. The molecule has 1 atom stereocenters. The average molecular weight is 231 g/mol. The molecule has 17 heavy (non-hydrogen) atoms. The number of para-hydroxylation sites is 1. The quantitative estimate of drug-likeness (QED) is 0.638. The van der Waals surface area contributed by atoms with Crippen molar-refractivity contribution < 1.29 is 14.3 Å². The first-order chi connectivity index (χ1) is 8.22. The zero-order valence-electron chi connectivity index (χ0n) is 9.47. The van der Waals surface area contributed by atoms with Gasteiger partial charge in [0.25, 0.3) is 0 Å². The minimum Gasteiger partial charge on any atom is -0.463 e. The lowest BCUT2D eigenvalue weighted by molar-refractivity contribution is -0.137. The second-order valence-electron chi connectivity index (χ2n) is 3.67. The maximum atomic E-state index is 11.7. The lowest BCUT2D eigenvalue weighted by Crippen LogP contribution is -2.10. The van der Waals surface area contributed by atoms with Crippen molar-refractivity contribution in [3.05, 3.63) is 42.0 Å². The summed E-state index contributed by atoms with van der Waals surface area (Å²) >= 11 is 0. The molecule has 0 aliphatic carbocycles. The molecule has 0 radical (unpaired) electrons. The van der Waals surface area contributed by atoms with Gasteiger partial charge in [0.1, 0.15) is 0 Å². The van der Waals surface area contributed by atoms with Gasteiger partial charge in [0.15, 0.2) is 0 Å². The summed E-state index contributed by atoms with van der Waals surface area (Å²) in [4.78, 5) is 22.9. The SMILES string of the molecule is CCOC(=O)C=CC1C(=O)Nc2ccccc21. The fraction of sp³-hybridized carbons (Fsp3) is 0.231. The van der Waals surface area contributed by atoms with Crippen LogP contribution in [0.2, 0.25) is 0 Å². The number of carbonyl (C=O) groups excluding carboxylic acids is 2. The second-order valence-corrected chi connectivity index (χ2v) is 3.67. The van der Waals surface area contributed by atoms with Crippen molar-refractivity contribution in [2.24, 2.45) is 0 Å². The van der Waals surface area contributed by atoms with Crippen LogP contribution < -0.4 is 5.32 Å². The second kappa shape index (κ2) is 4.82. The Morgan fingerprint density at radius 1 is 1.47 bits per heavy atom. The standard InChI is InChI=1S/C13H13NO3/c1-2-17-12(15)8-7-10-9-5-3-4-6-11(9)14-13(10)16/h3-8,10H,2H2,1H3,(H,14,16). The number of fused-ring (bicyclic) bond motifs is 1. The van der Waals surface area contributed by atoms with Crippen LogP contribution >= 0.6 is 0 Å². The number of anilines is 1. The molecular weight excluding hydrogens is 218 g/mol. The Kier molecular flexibility index (Phi) is 3.23. The van der Waals surface area contributed by atoms with E-state index in [-0.39, 0.29) is 5.91 Å². The highest BCUT2D eigenvalue weighted by atomic mass is 16.5. The number of carbonyl (C=O) groups is 2. The monoisotopic (exact) mass is 231 g/mol. The van der Waals surface area contributed by atoms with Gasteiger partial charge in [-0.15, -0.1) is 0 Å². The Morgan fingerprint density at radius 3 is 3.00 bits per heavy atom. The van der Waals surface area contributed by atoms with Crippen molar-refractivity contribution in [1.82, 2.24) is 0 Å². The fourth-order valence-corrected chi connectivity index (χ4v) is 1.79. The summed E-state index contributed by atoms with van der Waals surface area (Å²) in [5.41, 5.74) is 1.69. The molecule has 0 spiro atoms. The lowest BCUT2D eigenvalue weighted by Gasteiger charge is -2.01. The summed E-state index contributed by atoms with van der Waals surface area (Å²) in [6.45, 7) is 2.07. The third-order valence-electron chi connectivity index (χ3n) is 2.55. The van der Waals surface area contributed by atoms with Crippen LogP contribution in [-0.2, 0) is 14.3 Å². The van der Waals surface area contributed by atoms with E-state index >= 15 is 0 Å². The smallest absolute Gasteiger partial charge is 0.330 e. The molecule has 2 rings (SSSR count). The third-order valence-corrected chi connectivity index (χ3v) is 2.55. The Morgan fingerprint density at radius 2 is 2.24 bits per heavy atom. The maximum absolute atomic E-state index is 11.7. The van der Waals surface area contributed by atoms with Gasteiger partial charge in [-0.3, -0.25) is 4.79 Å². The minimum absolute atomic E-state index is 0.119. The van der Waals surface area contributed by atoms with Crippen LogP contribution in [0.5, 0.6) is 0 Å². The molecule has 1 aromatic carbocycles. The maximum Gasteiger partial charge on any atom is 0.330 e. The van der Waals surface area contributed by atoms with Crippen molar-refractivity contribution in [1.29, 1.82) is 0 Å². The summed E-state index contributed by atoms with van der Waals surface area (Å²) in [6, 6.07) is 7.43. The van der Waals surface area contributed by atoms with E-state index in [1.165, 1.54) is 6.08 Å². The predicted octanol–water partition coefficient (Wildman–Crippen LogP) is 1.84. The fourth-order valence-electron chi connectivity index (χ4n) is 1.79. The number of ether oxygens (including phenoxy) is 1. The molecule has 1 heterocycles. The van der Waals surface area contributed by atoms with E-state index in [1.54, 1.807) is 13.0 Å². The van der Waals surface area contributed by atoms with Crippen LogP contribution in [-0.4, -0.2) is 18.5 Å². The van der Waals surface area contributed by atoms with Crippen LogP contribution in [0.25, 0.3) is 0 Å². The highest BCUT2D eigenvalue weighted by Crippen LogP contribution is 2.32. The van der Waals surface area contributed by atoms with Crippen molar-refractivity contribution in [3.8, 4) is 0 Å². The van der Waals surface area contributed by atoms with Gasteiger partial charge in [0.2, 0.25) is 5.91 Å². The molecular formula is C13H13NO3. The van der Waals surface area contributed by atoms with E-state index < -0.39 is 11.9 Å². The van der Waals surface area contributed by atoms with Gasteiger partial charge in [0.05, 0.1) is 12.5 Å². The number of nitrogens with one attached hydrogen (secondary N) is 1. The molecule has 88 valence electrons. The van der Waals surface area contributed by atoms with E-state index in [0.717, 1.165) is 11.3 Å². The summed E-state index contributed by atoms with van der Waals surface area (Å²) in [5.74, 6) is -0.952. The van der Waals surface area contributed by atoms with Gasteiger partial charge in [0, 0.05) is 11.8 Å². The zero-order valence-corrected chi connectivity index (χ0v) is 9.47. The Hall–Kier alpha value is -2.10. The molecule has 0 fully saturated rings. The molecule has 0 aromatic heterocycles. The van der Waals surface area contributed by atoms with E-state index in [1.807, 2.05) is 24.3 Å². The molecule has 0 bridgehead atoms. The highest BCUT2D eigenvalue weighted by molar-refractivity contribution is 6.04. The van der Waals surface area contributed by atoms with Crippen LogP contribution in [0.4, 0.5) is 5.69 Å². The van der Waals surface area contributed by atoms with Gasteiger partial charge >= 0.3 is 5.97 Å². The Labute approximate surface area is 99.3 Å². The lowest BCUT2D eigenvalue weighted by atomic mass is 10.0. The average Bonchev–Trinajstić information content (AvgIpc) is 2.62. The summed E-state index contributed by atoms with van der Waals surface area (Å²) in [6.07, 6.45) is 2.87. The van der Waals surface area contributed by atoms with Crippen molar-refractivity contribution in [2.45, 2.75) is 12.8 Å². The number of hydrogen-bond donors (Lipinski definition) is 1. The Balaban J connectivity index is 2.17. The normalized spacial score (nSPS) is 17.9. The molecule has 1 amide bonds. The number of benzene rings is 1. The van der Waals surface area contributed by atoms with Crippen LogP contribution in [0, 0.1) is 0 Å². The van der Waals surface area contributed by atoms with E-state index in [2.05, 4.69) is 5.32 Å². The summed E-state index contributed by atoms with van der Waals surface area (Å²) in [7, 11) is 0. The van der Waals surface area contributed by atoms with Crippen molar-refractivity contribution in [3.63, 3.8) is 0 Å². The van der Waals surface area contributed by atoms with Crippen molar-refractivity contribution in [2.75, 3.05) is 11.9 Å². The van der Waals surface area contributed by atoms with Crippen LogP contribution in [0.3, 0.4) is 0 Å². The molecule has 1 N–H and O–H groups in total. The van der Waals surface area contributed by atoms with Gasteiger partial charge in [-0.25, -0.2) is 4.79 Å². The largest absolute Gasteiger partial charge is 0.463 e. The topological polar surface area (TPSA) is 55.4 Å². The molecule has 0 saturated carbocycles. The molecule has 4 nitrogen and oxygen atoms in total. The minimum atomic E-state index is -0.426. The summed E-state index contributed by atoms with van der Waals surface area (Å²) in [5, 5.41) is 2.76. The first-order valence-corrected chi connectivity index (χ1v) is 5.47. The number of hydrogen-bond acceptors (Lipinski definition) is 3. The Bertz CT molecular complexity index is 479. The zero-order chi connectivity index (χ0) is 12.3. The van der Waals surface area contributed by atoms with Gasteiger partial charge in [-0.2, -0.15) is 0 Å². The number of esters is 1.